The third-order valence-electron chi connectivity index (χ3n) is 3.90. The van der Waals surface area contributed by atoms with Crippen LogP contribution in [0.25, 0.3) is 11.0 Å². The van der Waals surface area contributed by atoms with E-state index >= 15 is 0 Å². The minimum absolute atomic E-state index is 0.648. The standard InChI is InChI=1S/C19H20O2/c1-3-7-14-8-6-9-15(12-14)19(20)18-13(2)21-17-11-5-4-10-16(17)18/h4-6,8-12,19-20H,3,7H2,1-2H3. The molecular formula is C19H20O2. The molecule has 1 N–H and O–H groups in total. The predicted molar refractivity (Wildman–Crippen MR) is 85.4 cm³/mol. The van der Waals surface area contributed by atoms with Gasteiger partial charge in [-0.3, -0.25) is 0 Å². The maximum absolute atomic E-state index is 10.8. The fourth-order valence-corrected chi connectivity index (χ4v) is 2.90. The molecule has 2 heteroatoms. The molecule has 0 bridgehead atoms. The maximum atomic E-state index is 10.8. The van der Waals surface area contributed by atoms with Gasteiger partial charge < -0.3 is 9.52 Å². The normalized spacial score (nSPS) is 12.7. The summed E-state index contributed by atoms with van der Waals surface area (Å²) in [5, 5.41) is 11.8. The van der Waals surface area contributed by atoms with Crippen molar-refractivity contribution in [3.63, 3.8) is 0 Å². The highest BCUT2D eigenvalue weighted by Gasteiger charge is 2.20. The van der Waals surface area contributed by atoms with Crippen LogP contribution in [-0.2, 0) is 6.42 Å². The zero-order valence-corrected chi connectivity index (χ0v) is 12.5. The molecule has 0 saturated carbocycles. The summed E-state index contributed by atoms with van der Waals surface area (Å²) in [6, 6.07) is 16.1. The van der Waals surface area contributed by atoms with Gasteiger partial charge in [-0.05, 0) is 30.5 Å². The molecule has 0 aliphatic rings. The molecule has 1 atom stereocenters. The Hall–Kier alpha value is -2.06. The summed E-state index contributed by atoms with van der Waals surface area (Å²) in [7, 11) is 0. The van der Waals surface area contributed by atoms with E-state index in [4.69, 9.17) is 4.42 Å². The van der Waals surface area contributed by atoms with Crippen molar-refractivity contribution in [1.82, 2.24) is 0 Å². The van der Waals surface area contributed by atoms with Gasteiger partial charge in [-0.25, -0.2) is 0 Å². The van der Waals surface area contributed by atoms with E-state index in [1.807, 2.05) is 43.3 Å². The van der Waals surface area contributed by atoms with Crippen LogP contribution in [0.2, 0.25) is 0 Å². The molecule has 3 aromatic rings. The summed E-state index contributed by atoms with van der Waals surface area (Å²) in [6.07, 6.45) is 1.49. The molecule has 0 fully saturated rings. The lowest BCUT2D eigenvalue weighted by atomic mass is 9.96. The highest BCUT2D eigenvalue weighted by molar-refractivity contribution is 5.83. The third-order valence-corrected chi connectivity index (χ3v) is 3.90. The maximum Gasteiger partial charge on any atom is 0.134 e. The Morgan fingerprint density at radius 2 is 1.90 bits per heavy atom. The molecule has 0 spiro atoms. The fraction of sp³-hybridized carbons (Fsp3) is 0.263. The van der Waals surface area contributed by atoms with Gasteiger partial charge in [0.15, 0.2) is 0 Å². The van der Waals surface area contributed by atoms with Crippen molar-refractivity contribution in [2.75, 3.05) is 0 Å². The number of fused-ring (bicyclic) bond motifs is 1. The first-order valence-corrected chi connectivity index (χ1v) is 7.45. The van der Waals surface area contributed by atoms with Gasteiger partial charge >= 0.3 is 0 Å². The molecular weight excluding hydrogens is 260 g/mol. The van der Waals surface area contributed by atoms with E-state index < -0.39 is 6.10 Å². The highest BCUT2D eigenvalue weighted by Crippen LogP contribution is 2.34. The number of para-hydroxylation sites is 1. The molecule has 2 aromatic carbocycles. The van der Waals surface area contributed by atoms with Gasteiger partial charge in [0.1, 0.15) is 17.4 Å². The quantitative estimate of drug-likeness (QED) is 0.746. The Bertz CT molecular complexity index is 755. The molecule has 108 valence electrons. The van der Waals surface area contributed by atoms with Crippen molar-refractivity contribution in [2.45, 2.75) is 32.8 Å². The van der Waals surface area contributed by atoms with Gasteiger partial charge in [0, 0.05) is 10.9 Å². The molecule has 0 aliphatic heterocycles. The number of rotatable bonds is 4. The van der Waals surface area contributed by atoms with Crippen LogP contribution in [0.5, 0.6) is 0 Å². The topological polar surface area (TPSA) is 33.4 Å². The first-order chi connectivity index (χ1) is 10.2. The van der Waals surface area contributed by atoms with Crippen LogP contribution in [0.3, 0.4) is 0 Å². The number of aryl methyl sites for hydroxylation is 2. The lowest BCUT2D eigenvalue weighted by Gasteiger charge is -2.12. The Morgan fingerprint density at radius 1 is 1.10 bits per heavy atom. The van der Waals surface area contributed by atoms with Crippen molar-refractivity contribution < 1.29 is 9.52 Å². The zero-order chi connectivity index (χ0) is 14.8. The second kappa shape index (κ2) is 5.74. The van der Waals surface area contributed by atoms with Crippen LogP contribution in [0.15, 0.2) is 52.9 Å². The molecule has 0 radical (unpaired) electrons. The number of aliphatic hydroxyl groups is 1. The van der Waals surface area contributed by atoms with Crippen LogP contribution in [-0.4, -0.2) is 5.11 Å². The Balaban J connectivity index is 2.06. The van der Waals surface area contributed by atoms with Crippen molar-refractivity contribution >= 4 is 11.0 Å². The lowest BCUT2D eigenvalue weighted by molar-refractivity contribution is 0.219. The van der Waals surface area contributed by atoms with E-state index in [0.29, 0.717) is 0 Å². The van der Waals surface area contributed by atoms with Gasteiger partial charge in [-0.15, -0.1) is 0 Å². The summed E-state index contributed by atoms with van der Waals surface area (Å²) in [4.78, 5) is 0. The van der Waals surface area contributed by atoms with Crippen LogP contribution in [0, 0.1) is 6.92 Å². The van der Waals surface area contributed by atoms with Gasteiger partial charge in [0.25, 0.3) is 0 Å². The average molecular weight is 280 g/mol. The summed E-state index contributed by atoms with van der Waals surface area (Å²) in [5.41, 5.74) is 3.89. The van der Waals surface area contributed by atoms with Gasteiger partial charge in [0.05, 0.1) is 0 Å². The Labute approximate surface area is 125 Å². The zero-order valence-electron chi connectivity index (χ0n) is 12.5. The van der Waals surface area contributed by atoms with Gasteiger partial charge in [-0.1, -0.05) is 55.8 Å². The number of hydrogen-bond donors (Lipinski definition) is 1. The van der Waals surface area contributed by atoms with Crippen molar-refractivity contribution in [3.8, 4) is 0 Å². The van der Waals surface area contributed by atoms with E-state index in [1.165, 1.54) is 5.56 Å². The average Bonchev–Trinajstić information content (AvgIpc) is 2.83. The number of benzene rings is 2. The van der Waals surface area contributed by atoms with Gasteiger partial charge in [0.2, 0.25) is 0 Å². The molecule has 0 aliphatic carbocycles. The summed E-state index contributed by atoms with van der Waals surface area (Å²) < 4.78 is 5.76. The first-order valence-electron chi connectivity index (χ1n) is 7.45. The Morgan fingerprint density at radius 3 is 2.71 bits per heavy atom. The monoisotopic (exact) mass is 280 g/mol. The molecule has 1 heterocycles. The lowest BCUT2D eigenvalue weighted by Crippen LogP contribution is -2.01. The van der Waals surface area contributed by atoms with E-state index in [9.17, 15) is 5.11 Å². The molecule has 3 rings (SSSR count). The summed E-state index contributed by atoms with van der Waals surface area (Å²) in [5.74, 6) is 0.782. The largest absolute Gasteiger partial charge is 0.461 e. The molecule has 21 heavy (non-hydrogen) atoms. The second-order valence-electron chi connectivity index (χ2n) is 5.47. The fourth-order valence-electron chi connectivity index (χ4n) is 2.90. The minimum atomic E-state index is -0.648. The molecule has 2 nitrogen and oxygen atoms in total. The minimum Gasteiger partial charge on any atom is -0.461 e. The molecule has 1 unspecified atom stereocenters. The Kier molecular flexibility index (Phi) is 3.80. The van der Waals surface area contributed by atoms with E-state index in [0.717, 1.165) is 40.7 Å². The number of furan rings is 1. The summed E-state index contributed by atoms with van der Waals surface area (Å²) >= 11 is 0. The molecule has 0 amide bonds. The third kappa shape index (κ3) is 2.59. The highest BCUT2D eigenvalue weighted by atomic mass is 16.3. The first kappa shape index (κ1) is 13.9. The SMILES string of the molecule is CCCc1cccc(C(O)c2c(C)oc3ccccc23)c1. The van der Waals surface area contributed by atoms with Crippen LogP contribution in [0.1, 0.15) is 41.9 Å². The van der Waals surface area contributed by atoms with E-state index in [2.05, 4.69) is 19.1 Å². The van der Waals surface area contributed by atoms with Crippen LogP contribution >= 0.6 is 0 Å². The second-order valence-corrected chi connectivity index (χ2v) is 5.47. The summed E-state index contributed by atoms with van der Waals surface area (Å²) in [6.45, 7) is 4.07. The van der Waals surface area contributed by atoms with E-state index in [-0.39, 0.29) is 0 Å². The van der Waals surface area contributed by atoms with Gasteiger partial charge in [-0.2, -0.15) is 0 Å². The number of aliphatic hydroxyl groups excluding tert-OH is 1. The van der Waals surface area contributed by atoms with Crippen molar-refractivity contribution in [3.05, 3.63) is 71.0 Å². The molecule has 1 aromatic heterocycles. The predicted octanol–water partition coefficient (Wildman–Crippen LogP) is 4.78. The molecule has 0 saturated heterocycles. The number of hydrogen-bond acceptors (Lipinski definition) is 2. The smallest absolute Gasteiger partial charge is 0.134 e. The van der Waals surface area contributed by atoms with Crippen molar-refractivity contribution in [1.29, 1.82) is 0 Å². The van der Waals surface area contributed by atoms with Crippen LogP contribution in [0.4, 0.5) is 0 Å². The van der Waals surface area contributed by atoms with E-state index in [1.54, 1.807) is 0 Å². The van der Waals surface area contributed by atoms with Crippen LogP contribution < -0.4 is 0 Å². The van der Waals surface area contributed by atoms with Crippen molar-refractivity contribution in [2.24, 2.45) is 0 Å².